The Kier molecular flexibility index (Phi) is 6.52. The number of allylic oxidation sites excluding steroid dienone is 8. The molecule has 0 radical (unpaired) electrons. The molecule has 1 aliphatic carbocycles. The van der Waals surface area contributed by atoms with Gasteiger partial charge in [-0.3, -0.25) is 0 Å². The summed E-state index contributed by atoms with van der Waals surface area (Å²) in [5, 5.41) is 0. The van der Waals surface area contributed by atoms with E-state index in [1.165, 1.54) is 16.7 Å². The van der Waals surface area contributed by atoms with Crippen LogP contribution in [-0.2, 0) is 0 Å². The fraction of sp³-hybridized carbons (Fsp3) is 0.200. The molecule has 104 valence electrons. The molecule has 1 atom stereocenters. The molecule has 0 spiro atoms. The van der Waals surface area contributed by atoms with Crippen molar-refractivity contribution in [2.45, 2.75) is 20.8 Å². The van der Waals surface area contributed by atoms with Gasteiger partial charge < -0.3 is 0 Å². The Balaban J connectivity index is 0.000000444. The fourth-order valence-corrected chi connectivity index (χ4v) is 1.91. The summed E-state index contributed by atoms with van der Waals surface area (Å²) in [6.07, 6.45) is 12.4. The van der Waals surface area contributed by atoms with E-state index < -0.39 is 0 Å². The SMILES string of the molecule is C/C=C\C.C=CC1C=CC(c2cccc(C)c2)=CC1=C. The predicted octanol–water partition coefficient (Wildman–Crippen LogP) is 5.89. The van der Waals surface area contributed by atoms with E-state index in [1.54, 1.807) is 0 Å². The molecule has 0 amide bonds. The van der Waals surface area contributed by atoms with Gasteiger partial charge in [-0.15, -0.1) is 6.58 Å². The van der Waals surface area contributed by atoms with Crippen molar-refractivity contribution in [2.75, 3.05) is 0 Å². The van der Waals surface area contributed by atoms with Gasteiger partial charge in [-0.25, -0.2) is 0 Å². The van der Waals surface area contributed by atoms with Crippen LogP contribution in [-0.4, -0.2) is 0 Å². The lowest BCUT2D eigenvalue weighted by atomic mass is 9.89. The van der Waals surface area contributed by atoms with E-state index in [9.17, 15) is 0 Å². The number of rotatable bonds is 2. The van der Waals surface area contributed by atoms with E-state index in [-0.39, 0.29) is 5.92 Å². The minimum Gasteiger partial charge on any atom is -0.102 e. The van der Waals surface area contributed by atoms with Crippen LogP contribution in [0.1, 0.15) is 25.0 Å². The molecule has 0 nitrogen and oxygen atoms in total. The highest BCUT2D eigenvalue weighted by Gasteiger charge is 2.09. The molecule has 0 bridgehead atoms. The maximum Gasteiger partial charge on any atom is 0.0193 e. The van der Waals surface area contributed by atoms with Crippen LogP contribution in [0.15, 0.2) is 79.5 Å². The Morgan fingerprint density at radius 2 is 1.85 bits per heavy atom. The van der Waals surface area contributed by atoms with Crippen LogP contribution >= 0.6 is 0 Å². The maximum atomic E-state index is 4.07. The molecular weight excluding hydrogens is 240 g/mol. The third-order valence-corrected chi connectivity index (χ3v) is 3.19. The van der Waals surface area contributed by atoms with E-state index in [4.69, 9.17) is 0 Å². The van der Waals surface area contributed by atoms with Gasteiger partial charge in [0.25, 0.3) is 0 Å². The third-order valence-electron chi connectivity index (χ3n) is 3.19. The number of benzene rings is 1. The van der Waals surface area contributed by atoms with Crippen molar-refractivity contribution in [3.63, 3.8) is 0 Å². The molecule has 1 aromatic carbocycles. The van der Waals surface area contributed by atoms with Crippen molar-refractivity contribution in [1.29, 1.82) is 0 Å². The van der Waals surface area contributed by atoms with Crippen molar-refractivity contribution >= 4 is 5.57 Å². The standard InChI is InChI=1S/C16H16.C4H8/c1-4-14-8-9-16(11-13(14)3)15-7-5-6-12(2)10-15;1-3-4-2/h4-11,14H,1,3H2,2H3;3-4H,1-2H3/b;4-3-. The molecule has 0 N–H and O–H groups in total. The second kappa shape index (κ2) is 8.16. The zero-order valence-electron chi connectivity index (χ0n) is 12.8. The minimum atomic E-state index is 0.286. The molecule has 0 aliphatic heterocycles. The summed E-state index contributed by atoms with van der Waals surface area (Å²) in [5.41, 5.74) is 4.86. The van der Waals surface area contributed by atoms with E-state index in [1.807, 2.05) is 32.1 Å². The van der Waals surface area contributed by atoms with E-state index >= 15 is 0 Å². The second-order valence-electron chi connectivity index (χ2n) is 4.83. The van der Waals surface area contributed by atoms with Gasteiger partial charge in [0, 0.05) is 5.92 Å². The van der Waals surface area contributed by atoms with Crippen LogP contribution in [0.25, 0.3) is 5.57 Å². The first-order chi connectivity index (χ1) is 9.62. The van der Waals surface area contributed by atoms with Crippen molar-refractivity contribution in [1.82, 2.24) is 0 Å². The summed E-state index contributed by atoms with van der Waals surface area (Å²) in [5.74, 6) is 0.286. The molecule has 0 aromatic heterocycles. The van der Waals surface area contributed by atoms with Gasteiger partial charge in [-0.05, 0) is 37.5 Å². The van der Waals surface area contributed by atoms with Gasteiger partial charge >= 0.3 is 0 Å². The summed E-state index contributed by atoms with van der Waals surface area (Å²) < 4.78 is 0. The number of hydrogen-bond donors (Lipinski definition) is 0. The minimum absolute atomic E-state index is 0.286. The zero-order valence-corrected chi connectivity index (χ0v) is 12.8. The van der Waals surface area contributed by atoms with Crippen molar-refractivity contribution < 1.29 is 0 Å². The van der Waals surface area contributed by atoms with Gasteiger partial charge in [-0.2, -0.15) is 0 Å². The Bertz CT molecular complexity index is 549. The quantitative estimate of drug-likeness (QED) is 0.584. The normalized spacial score (nSPS) is 17.4. The smallest absolute Gasteiger partial charge is 0.0193 e. The lowest BCUT2D eigenvalue weighted by molar-refractivity contribution is 1.01. The lowest BCUT2D eigenvalue weighted by Gasteiger charge is -2.15. The fourth-order valence-electron chi connectivity index (χ4n) is 1.91. The van der Waals surface area contributed by atoms with E-state index in [2.05, 4.69) is 62.6 Å². The first-order valence-electron chi connectivity index (χ1n) is 6.98. The summed E-state index contributed by atoms with van der Waals surface area (Å²) in [4.78, 5) is 0. The Labute approximate surface area is 123 Å². The first-order valence-corrected chi connectivity index (χ1v) is 6.98. The Hall–Kier alpha value is -2.08. The molecule has 2 rings (SSSR count). The Morgan fingerprint density at radius 1 is 1.15 bits per heavy atom. The highest BCUT2D eigenvalue weighted by molar-refractivity contribution is 5.78. The molecule has 1 aromatic rings. The molecule has 0 heteroatoms. The molecule has 0 fully saturated rings. The number of aryl methyl sites for hydroxylation is 1. The van der Waals surface area contributed by atoms with Crippen LogP contribution < -0.4 is 0 Å². The van der Waals surface area contributed by atoms with Gasteiger partial charge in [0.05, 0.1) is 0 Å². The molecule has 0 saturated carbocycles. The van der Waals surface area contributed by atoms with Crippen molar-refractivity contribution in [3.8, 4) is 0 Å². The summed E-state index contributed by atoms with van der Waals surface area (Å²) in [6, 6.07) is 8.52. The summed E-state index contributed by atoms with van der Waals surface area (Å²) in [6.45, 7) is 14.0. The second-order valence-corrected chi connectivity index (χ2v) is 4.83. The molecule has 0 heterocycles. The van der Waals surface area contributed by atoms with Gasteiger partial charge in [0.1, 0.15) is 0 Å². The maximum absolute atomic E-state index is 4.07. The number of hydrogen-bond acceptors (Lipinski definition) is 0. The van der Waals surface area contributed by atoms with Crippen LogP contribution in [0.5, 0.6) is 0 Å². The van der Waals surface area contributed by atoms with Crippen LogP contribution in [0.2, 0.25) is 0 Å². The highest BCUT2D eigenvalue weighted by Crippen LogP contribution is 2.27. The van der Waals surface area contributed by atoms with Crippen LogP contribution in [0, 0.1) is 12.8 Å². The molecule has 20 heavy (non-hydrogen) atoms. The average Bonchev–Trinajstić information content (AvgIpc) is 2.47. The Morgan fingerprint density at radius 3 is 2.35 bits per heavy atom. The predicted molar refractivity (Wildman–Crippen MR) is 91.6 cm³/mol. The van der Waals surface area contributed by atoms with Crippen molar-refractivity contribution in [2.24, 2.45) is 5.92 Å². The first kappa shape index (κ1) is 16.0. The van der Waals surface area contributed by atoms with Gasteiger partial charge in [0.2, 0.25) is 0 Å². The van der Waals surface area contributed by atoms with Crippen molar-refractivity contribution in [3.05, 3.63) is 90.6 Å². The third kappa shape index (κ3) is 4.55. The molecular formula is C20H24. The molecule has 1 unspecified atom stereocenters. The summed E-state index contributed by atoms with van der Waals surface area (Å²) in [7, 11) is 0. The zero-order chi connectivity index (χ0) is 15.0. The van der Waals surface area contributed by atoms with Crippen LogP contribution in [0.3, 0.4) is 0 Å². The highest BCUT2D eigenvalue weighted by atomic mass is 14.1. The van der Waals surface area contributed by atoms with Gasteiger partial charge in [-0.1, -0.05) is 72.9 Å². The topological polar surface area (TPSA) is 0 Å². The summed E-state index contributed by atoms with van der Waals surface area (Å²) >= 11 is 0. The van der Waals surface area contributed by atoms with E-state index in [0.717, 1.165) is 5.57 Å². The average molecular weight is 264 g/mol. The molecule has 1 aliphatic rings. The van der Waals surface area contributed by atoms with Crippen LogP contribution in [0.4, 0.5) is 0 Å². The van der Waals surface area contributed by atoms with E-state index in [0.29, 0.717) is 0 Å². The molecule has 0 saturated heterocycles. The monoisotopic (exact) mass is 264 g/mol. The lowest BCUT2D eigenvalue weighted by Crippen LogP contribution is -1.99. The largest absolute Gasteiger partial charge is 0.102 e. The van der Waals surface area contributed by atoms with Gasteiger partial charge in [0.15, 0.2) is 0 Å².